The highest BCUT2D eigenvalue weighted by atomic mass is 15.2. The van der Waals surface area contributed by atoms with Crippen LogP contribution in [0.3, 0.4) is 0 Å². The second-order valence-corrected chi connectivity index (χ2v) is 12.1. The highest BCUT2D eigenvalue weighted by Gasteiger charge is 2.25. The van der Waals surface area contributed by atoms with Crippen molar-refractivity contribution >= 4 is 82.3 Å². The van der Waals surface area contributed by atoms with Gasteiger partial charge in [0, 0.05) is 43.3 Å². The Bertz CT molecular complexity index is 2820. The predicted molar refractivity (Wildman–Crippen MR) is 195 cm³/mol. The van der Waals surface area contributed by atoms with Crippen molar-refractivity contribution in [3.05, 3.63) is 157 Å². The van der Waals surface area contributed by atoms with Gasteiger partial charge in [-0.3, -0.25) is 4.57 Å². The van der Waals surface area contributed by atoms with Crippen LogP contribution < -0.4 is 5.73 Å². The Balaban J connectivity index is 1.40. The van der Waals surface area contributed by atoms with E-state index in [1.54, 1.807) is 0 Å². The number of aromatic nitrogens is 2. The van der Waals surface area contributed by atoms with Crippen molar-refractivity contribution in [2.75, 3.05) is 0 Å². The molecule has 1 aliphatic carbocycles. The Morgan fingerprint density at radius 1 is 0.587 bits per heavy atom. The third-order valence-electron chi connectivity index (χ3n) is 9.67. The Labute approximate surface area is 264 Å². The minimum Gasteiger partial charge on any atom is -0.369 e. The maximum absolute atomic E-state index is 7.20. The zero-order valence-electron chi connectivity index (χ0n) is 25.0. The minimum absolute atomic E-state index is 0.452. The SMILES string of the molecule is NC(=N/C(=C1/C=CC=CC1)c1ccccc1)n1c2ccccc2c2cc3c4ccc5ccccc5c4n4c5ccccc5c(c21)c34. The fourth-order valence-electron chi connectivity index (χ4n) is 7.76. The van der Waals surface area contributed by atoms with Gasteiger partial charge in [-0.25, -0.2) is 4.99 Å². The lowest BCUT2D eigenvalue weighted by Crippen LogP contribution is -2.22. The number of hydrogen-bond acceptors (Lipinski definition) is 1. The van der Waals surface area contributed by atoms with Crippen LogP contribution >= 0.6 is 0 Å². The largest absolute Gasteiger partial charge is 0.369 e. The average molecular weight is 589 g/mol. The van der Waals surface area contributed by atoms with Crippen molar-refractivity contribution < 1.29 is 0 Å². The van der Waals surface area contributed by atoms with Gasteiger partial charge in [0.25, 0.3) is 0 Å². The van der Waals surface area contributed by atoms with Crippen LogP contribution in [0.1, 0.15) is 12.0 Å². The van der Waals surface area contributed by atoms with Gasteiger partial charge >= 0.3 is 0 Å². The van der Waals surface area contributed by atoms with E-state index in [9.17, 15) is 0 Å². The van der Waals surface area contributed by atoms with E-state index in [1.807, 2.05) is 6.07 Å². The van der Waals surface area contributed by atoms with Crippen molar-refractivity contribution in [1.29, 1.82) is 0 Å². The van der Waals surface area contributed by atoms with E-state index in [2.05, 4.69) is 149 Å². The van der Waals surface area contributed by atoms with Crippen molar-refractivity contribution in [2.45, 2.75) is 6.42 Å². The second-order valence-electron chi connectivity index (χ2n) is 12.1. The number of rotatable bonds is 2. The van der Waals surface area contributed by atoms with Gasteiger partial charge in [0.1, 0.15) is 0 Å². The molecule has 0 bridgehead atoms. The zero-order chi connectivity index (χ0) is 30.4. The summed E-state index contributed by atoms with van der Waals surface area (Å²) in [5, 5.41) is 9.76. The number of para-hydroxylation sites is 2. The third kappa shape index (κ3) is 3.36. The lowest BCUT2D eigenvalue weighted by atomic mass is 10.0. The molecule has 1 aliphatic rings. The molecule has 6 aromatic carbocycles. The molecule has 216 valence electrons. The molecule has 0 unspecified atom stereocenters. The minimum atomic E-state index is 0.452. The standard InChI is InChI=1S/C42H28N4/c43-42(44-38(27-14-3-1-4-15-27)28-16-5-2-6-17-28)46-35-21-11-9-19-30(35)33-25-34-31-24-23-26-13-7-8-18-29(26)39(31)45-36-22-12-10-20-32(36)37(40(34)45)41(33)46/h1-16,18-25H,17H2,(H2,43,44)/b38-28-. The third-order valence-corrected chi connectivity index (χ3v) is 9.67. The summed E-state index contributed by atoms with van der Waals surface area (Å²) < 4.78 is 4.66. The van der Waals surface area contributed by atoms with Crippen LogP contribution in [0.15, 0.2) is 156 Å². The van der Waals surface area contributed by atoms with Crippen LogP contribution in [0.2, 0.25) is 0 Å². The summed E-state index contributed by atoms with van der Waals surface area (Å²) in [4.78, 5) is 5.27. The highest BCUT2D eigenvalue weighted by Crippen LogP contribution is 2.46. The molecule has 9 aromatic rings. The molecular weight excluding hydrogens is 560 g/mol. The summed E-state index contributed by atoms with van der Waals surface area (Å²) >= 11 is 0. The molecule has 46 heavy (non-hydrogen) atoms. The first-order valence-corrected chi connectivity index (χ1v) is 15.8. The lowest BCUT2D eigenvalue weighted by Gasteiger charge is -2.13. The molecule has 0 saturated heterocycles. The lowest BCUT2D eigenvalue weighted by molar-refractivity contribution is 1.20. The van der Waals surface area contributed by atoms with E-state index in [0.29, 0.717) is 5.96 Å². The number of fused-ring (bicyclic) bond motifs is 12. The molecular formula is C42H28N4. The van der Waals surface area contributed by atoms with Crippen LogP contribution in [0, 0.1) is 0 Å². The van der Waals surface area contributed by atoms with Crippen LogP contribution in [0.4, 0.5) is 0 Å². The van der Waals surface area contributed by atoms with Crippen LogP contribution in [-0.2, 0) is 0 Å². The Morgan fingerprint density at radius 2 is 1.30 bits per heavy atom. The topological polar surface area (TPSA) is 47.7 Å². The monoisotopic (exact) mass is 588 g/mol. The van der Waals surface area contributed by atoms with E-state index in [-0.39, 0.29) is 0 Å². The number of benzene rings is 6. The van der Waals surface area contributed by atoms with Gasteiger partial charge in [-0.05, 0) is 35.6 Å². The molecule has 0 fully saturated rings. The maximum atomic E-state index is 7.20. The summed E-state index contributed by atoms with van der Waals surface area (Å²) in [6.45, 7) is 0. The van der Waals surface area contributed by atoms with Gasteiger partial charge < -0.3 is 10.1 Å². The molecule has 0 amide bonds. The summed E-state index contributed by atoms with van der Waals surface area (Å²) in [6, 6.07) is 43.3. The van der Waals surface area contributed by atoms with Crippen molar-refractivity contribution in [3.63, 3.8) is 0 Å². The van der Waals surface area contributed by atoms with E-state index in [1.165, 1.54) is 54.3 Å². The van der Waals surface area contributed by atoms with Gasteiger partial charge in [-0.2, -0.15) is 0 Å². The fourth-order valence-corrected chi connectivity index (χ4v) is 7.76. The Morgan fingerprint density at radius 3 is 2.13 bits per heavy atom. The molecule has 4 heteroatoms. The molecule has 0 atom stereocenters. The summed E-state index contributed by atoms with van der Waals surface area (Å²) in [5.41, 5.74) is 16.1. The molecule has 0 spiro atoms. The Kier molecular flexibility index (Phi) is 5.17. The molecule has 4 nitrogen and oxygen atoms in total. The number of nitrogens with zero attached hydrogens (tertiary/aromatic N) is 3. The highest BCUT2D eigenvalue weighted by molar-refractivity contribution is 6.36. The number of aliphatic imine (C=N–C) groups is 1. The first-order valence-electron chi connectivity index (χ1n) is 15.8. The fraction of sp³-hybridized carbons (Fsp3) is 0.0238. The molecule has 0 radical (unpaired) electrons. The molecule has 0 aliphatic heterocycles. The zero-order valence-corrected chi connectivity index (χ0v) is 25.0. The van der Waals surface area contributed by atoms with Crippen molar-refractivity contribution in [2.24, 2.45) is 10.7 Å². The van der Waals surface area contributed by atoms with Crippen molar-refractivity contribution in [3.8, 4) is 0 Å². The number of allylic oxidation sites excluding steroid dienone is 5. The number of hydrogen-bond donors (Lipinski definition) is 1. The first kappa shape index (κ1) is 25.2. The van der Waals surface area contributed by atoms with E-state index in [0.717, 1.165) is 39.7 Å². The molecule has 0 saturated carbocycles. The molecule has 3 heterocycles. The first-order chi connectivity index (χ1) is 22.8. The molecule has 10 rings (SSSR count). The van der Waals surface area contributed by atoms with Gasteiger partial charge in [-0.1, -0.05) is 127 Å². The molecule has 2 N–H and O–H groups in total. The summed E-state index contributed by atoms with van der Waals surface area (Å²) in [6.07, 6.45) is 9.27. The second kappa shape index (κ2) is 9.43. The maximum Gasteiger partial charge on any atom is 0.205 e. The van der Waals surface area contributed by atoms with Crippen LogP contribution in [0.25, 0.3) is 76.4 Å². The van der Waals surface area contributed by atoms with Crippen LogP contribution in [0.5, 0.6) is 0 Å². The summed E-state index contributed by atoms with van der Waals surface area (Å²) in [7, 11) is 0. The predicted octanol–water partition coefficient (Wildman–Crippen LogP) is 10.2. The molecule has 3 aromatic heterocycles. The quantitative estimate of drug-likeness (QED) is 0.159. The van der Waals surface area contributed by atoms with Crippen LogP contribution in [-0.4, -0.2) is 14.9 Å². The van der Waals surface area contributed by atoms with Gasteiger partial charge in [0.2, 0.25) is 5.96 Å². The van der Waals surface area contributed by atoms with E-state index >= 15 is 0 Å². The summed E-state index contributed by atoms with van der Waals surface area (Å²) in [5.74, 6) is 0.452. The van der Waals surface area contributed by atoms with E-state index < -0.39 is 0 Å². The van der Waals surface area contributed by atoms with Gasteiger partial charge in [0.15, 0.2) is 0 Å². The van der Waals surface area contributed by atoms with E-state index in [4.69, 9.17) is 10.7 Å². The van der Waals surface area contributed by atoms with Crippen molar-refractivity contribution in [1.82, 2.24) is 8.97 Å². The number of nitrogens with two attached hydrogens (primary N) is 1. The normalized spacial score (nSPS) is 15.2. The Hall–Kier alpha value is -6.13. The average Bonchev–Trinajstić information content (AvgIpc) is 3.76. The smallest absolute Gasteiger partial charge is 0.205 e. The van der Waals surface area contributed by atoms with Gasteiger partial charge in [-0.15, -0.1) is 0 Å². The van der Waals surface area contributed by atoms with Gasteiger partial charge in [0.05, 0.1) is 33.3 Å².